The maximum absolute atomic E-state index is 16.3. The first-order chi connectivity index (χ1) is 19.3. The number of hydrogen-bond acceptors (Lipinski definition) is 5. The first kappa shape index (κ1) is 25.2. The molecule has 0 amide bonds. The van der Waals surface area contributed by atoms with Gasteiger partial charge in [0.15, 0.2) is 0 Å². The topological polar surface area (TPSA) is 32.9 Å². The van der Waals surface area contributed by atoms with Crippen LogP contribution in [0, 0.1) is 0 Å². The number of nitrogens with zero attached hydrogens (tertiary/aromatic N) is 6. The number of rotatable bonds is 3. The molecule has 1 N–H and O–H groups in total. The molecule has 6 aliphatic rings. The van der Waals surface area contributed by atoms with Gasteiger partial charge in [-0.2, -0.15) is 0 Å². The first-order valence-electron chi connectivity index (χ1n) is 14.6. The summed E-state index contributed by atoms with van der Waals surface area (Å²) in [6, 6.07) is 13.2. The fraction of sp³-hybridized carbons (Fsp3) is 0.483. The van der Waals surface area contributed by atoms with Crippen molar-refractivity contribution in [3.05, 3.63) is 76.7 Å². The molecular weight excluding hydrogens is 531 g/mol. The zero-order chi connectivity index (χ0) is 27.4. The summed E-state index contributed by atoms with van der Waals surface area (Å²) < 4.78 is 34.8. The summed E-state index contributed by atoms with van der Waals surface area (Å²) in [6.07, 6.45) is 4.85. The number of amidine groups is 1. The van der Waals surface area contributed by atoms with Crippen molar-refractivity contribution in [1.82, 2.24) is 29.4 Å². The molecule has 7 nitrogen and oxygen atoms in total. The molecule has 8 rings (SSSR count). The second-order valence-electron chi connectivity index (χ2n) is 12.3. The first-order valence-corrected chi connectivity index (χ1v) is 14.9. The van der Waals surface area contributed by atoms with Gasteiger partial charge in [0.25, 0.3) is 0 Å². The molecule has 3 atom stereocenters. The van der Waals surface area contributed by atoms with Gasteiger partial charge in [0.1, 0.15) is 11.3 Å². The molecule has 0 saturated carbocycles. The maximum Gasteiger partial charge on any atom is 0.640 e. The van der Waals surface area contributed by atoms with Gasteiger partial charge in [-0.25, -0.2) is 0 Å². The van der Waals surface area contributed by atoms with Gasteiger partial charge in [0.2, 0.25) is 5.84 Å². The van der Waals surface area contributed by atoms with Crippen LogP contribution in [0.25, 0.3) is 5.57 Å². The number of fused-ring (bicyclic) bond motifs is 2. The van der Waals surface area contributed by atoms with E-state index in [0.717, 1.165) is 61.4 Å². The van der Waals surface area contributed by atoms with Gasteiger partial charge in [-0.3, -0.25) is 24.9 Å². The lowest BCUT2D eigenvalue weighted by Gasteiger charge is -2.69. The number of allylic oxidation sites excluding steroid dienone is 1. The smallest absolute Gasteiger partial charge is 0.414 e. The van der Waals surface area contributed by atoms with E-state index in [1.807, 2.05) is 36.4 Å². The molecule has 11 heteroatoms. The molecule has 40 heavy (non-hydrogen) atoms. The van der Waals surface area contributed by atoms with Gasteiger partial charge in [-0.15, -0.1) is 0 Å². The fourth-order valence-corrected chi connectivity index (χ4v) is 9.05. The summed E-state index contributed by atoms with van der Waals surface area (Å²) in [7, 11) is 0. The molecule has 0 spiro atoms. The van der Waals surface area contributed by atoms with Crippen molar-refractivity contribution in [3.8, 4) is 0 Å². The summed E-state index contributed by atoms with van der Waals surface area (Å²) in [4.78, 5) is 10.7. The summed E-state index contributed by atoms with van der Waals surface area (Å²) in [5, 5.41) is 3.54. The van der Waals surface area contributed by atoms with E-state index in [9.17, 15) is 0 Å². The Bertz CT molecular complexity index is 1480. The number of piperazine rings is 2. The standard InChI is InChI=1S/C29H35BClF2N7/c1-28-29(2)37-16-15-35(28)13-6-14-36(28)17-18-38(29)22(20-37)19-34-26-12-10-24-27(21-7-4-3-5-8-21)23-9-11-25(31)39(23)30(32,33)40(24)26/h3-5,7-12,22,34H,6,13-20H2,1-2H3/t22?,28-,29+/m1/s1. The van der Waals surface area contributed by atoms with E-state index in [-0.39, 0.29) is 22.5 Å². The summed E-state index contributed by atoms with van der Waals surface area (Å²) in [6.45, 7) is 8.63. The molecule has 4 fully saturated rings. The Kier molecular flexibility index (Phi) is 5.37. The molecule has 1 unspecified atom stereocenters. The van der Waals surface area contributed by atoms with Gasteiger partial charge in [0.05, 0.1) is 23.4 Å². The SMILES string of the molecule is C[C@@]12N3CCCN1CCN1C(CNC4=[N+]5C(=C(c6ccccc6)c6ccc(Cl)n6[B-]5(F)F)C=C4)CN(CC3)[C@@]12C. The van der Waals surface area contributed by atoms with Crippen LogP contribution in [-0.2, 0) is 0 Å². The van der Waals surface area contributed by atoms with Gasteiger partial charge in [-0.1, -0.05) is 41.9 Å². The van der Waals surface area contributed by atoms with Crippen molar-refractivity contribution in [2.75, 3.05) is 52.4 Å². The Labute approximate surface area is 239 Å². The van der Waals surface area contributed by atoms with Gasteiger partial charge in [0, 0.05) is 63.2 Å². The summed E-state index contributed by atoms with van der Waals surface area (Å²) in [5.41, 5.74) is 2.46. The van der Waals surface area contributed by atoms with Crippen LogP contribution in [0.5, 0.6) is 0 Å². The zero-order valence-electron chi connectivity index (χ0n) is 23.0. The number of benzene rings is 1. The highest BCUT2D eigenvalue weighted by Crippen LogP contribution is 2.50. The van der Waals surface area contributed by atoms with Crippen molar-refractivity contribution < 1.29 is 13.1 Å². The van der Waals surface area contributed by atoms with Crippen molar-refractivity contribution in [1.29, 1.82) is 0 Å². The van der Waals surface area contributed by atoms with E-state index in [4.69, 9.17) is 11.6 Å². The lowest BCUT2D eigenvalue weighted by Crippen LogP contribution is -2.85. The van der Waals surface area contributed by atoms with E-state index < -0.39 is 6.97 Å². The number of nitrogens with one attached hydrogen (secondary N) is 1. The molecule has 7 heterocycles. The quantitative estimate of drug-likeness (QED) is 0.579. The summed E-state index contributed by atoms with van der Waals surface area (Å²) in [5.74, 6) is 0.433. The van der Waals surface area contributed by atoms with E-state index in [1.54, 1.807) is 18.2 Å². The molecule has 1 aromatic carbocycles. The molecule has 1 aromatic heterocycles. The largest absolute Gasteiger partial charge is 0.640 e. The number of aromatic nitrogens is 1. The highest BCUT2D eigenvalue weighted by Gasteiger charge is 2.67. The number of hydrogen-bond donors (Lipinski definition) is 1. The van der Waals surface area contributed by atoms with Crippen molar-refractivity contribution in [2.24, 2.45) is 0 Å². The van der Waals surface area contributed by atoms with E-state index in [2.05, 4.69) is 38.8 Å². The van der Waals surface area contributed by atoms with Crippen LogP contribution in [0.3, 0.4) is 0 Å². The van der Waals surface area contributed by atoms with Crippen LogP contribution in [0.2, 0.25) is 5.15 Å². The second kappa shape index (κ2) is 8.52. The third-order valence-corrected chi connectivity index (χ3v) is 11.1. The normalized spacial score (nSPS) is 33.4. The van der Waals surface area contributed by atoms with Crippen molar-refractivity contribution in [3.63, 3.8) is 0 Å². The highest BCUT2D eigenvalue weighted by molar-refractivity contribution is 6.59. The average Bonchev–Trinajstić information content (AvgIpc) is 3.62. The minimum atomic E-state index is -4.18. The lowest BCUT2D eigenvalue weighted by molar-refractivity contribution is -0.363. The Morgan fingerprint density at radius 1 is 0.925 bits per heavy atom. The van der Waals surface area contributed by atoms with Crippen molar-refractivity contribution in [2.45, 2.75) is 37.6 Å². The van der Waals surface area contributed by atoms with Crippen LogP contribution < -0.4 is 5.32 Å². The Morgan fingerprint density at radius 3 is 2.42 bits per heavy atom. The van der Waals surface area contributed by atoms with Gasteiger partial charge >= 0.3 is 6.97 Å². The predicted octanol–water partition coefficient (Wildman–Crippen LogP) is 3.16. The van der Waals surface area contributed by atoms with Crippen LogP contribution in [0.4, 0.5) is 8.63 Å². The van der Waals surface area contributed by atoms with E-state index in [1.165, 1.54) is 10.9 Å². The third-order valence-electron chi connectivity index (χ3n) is 10.8. The van der Waals surface area contributed by atoms with E-state index >= 15 is 8.63 Å². The second-order valence-corrected chi connectivity index (χ2v) is 12.6. The maximum atomic E-state index is 16.3. The Morgan fingerprint density at radius 2 is 1.65 bits per heavy atom. The van der Waals surface area contributed by atoms with Gasteiger partial charge in [-0.05, 0) is 44.0 Å². The minimum absolute atomic E-state index is 0.0397. The number of halogens is 3. The lowest BCUT2D eigenvalue weighted by atomic mass is 9.83. The molecule has 4 saturated heterocycles. The van der Waals surface area contributed by atoms with Gasteiger partial charge < -0.3 is 17.6 Å². The molecule has 2 aromatic rings. The monoisotopic (exact) mass is 565 g/mol. The molecule has 0 bridgehead atoms. The Hall–Kier alpha value is -2.50. The van der Waals surface area contributed by atoms with Crippen LogP contribution >= 0.6 is 11.6 Å². The molecule has 0 aliphatic carbocycles. The van der Waals surface area contributed by atoms with Crippen LogP contribution in [0.15, 0.2) is 60.3 Å². The minimum Gasteiger partial charge on any atom is -0.414 e. The summed E-state index contributed by atoms with van der Waals surface area (Å²) >= 11 is 6.39. The average molecular weight is 566 g/mol. The molecule has 0 radical (unpaired) electrons. The van der Waals surface area contributed by atoms with E-state index in [0.29, 0.717) is 23.8 Å². The van der Waals surface area contributed by atoms with Crippen molar-refractivity contribution >= 4 is 30.0 Å². The zero-order valence-corrected chi connectivity index (χ0v) is 23.8. The highest BCUT2D eigenvalue weighted by atomic mass is 35.5. The van der Waals surface area contributed by atoms with Crippen LogP contribution in [-0.4, -0.2) is 111 Å². The molecular formula is C29H35BClF2N7. The predicted molar refractivity (Wildman–Crippen MR) is 154 cm³/mol. The molecule has 210 valence electrons. The molecule has 6 aliphatic heterocycles. The Balaban J connectivity index is 1.15. The third kappa shape index (κ3) is 3.06. The van der Waals surface area contributed by atoms with Crippen LogP contribution in [0.1, 0.15) is 31.5 Å². The fourth-order valence-electron chi connectivity index (χ4n) is 8.78.